The summed E-state index contributed by atoms with van der Waals surface area (Å²) in [7, 11) is 0. The number of hydrogen-bond acceptors (Lipinski definition) is 6. The van der Waals surface area contributed by atoms with E-state index in [1.165, 1.54) is 12.5 Å². The summed E-state index contributed by atoms with van der Waals surface area (Å²) in [6.45, 7) is 9.45. The maximum Gasteiger partial charge on any atom is 0.222 e. The van der Waals surface area contributed by atoms with Crippen LogP contribution < -0.4 is 10.1 Å². The average Bonchev–Trinajstić information content (AvgIpc) is 2.79. The van der Waals surface area contributed by atoms with Gasteiger partial charge in [0.2, 0.25) is 5.91 Å². The minimum atomic E-state index is -0.500. The van der Waals surface area contributed by atoms with Crippen molar-refractivity contribution in [1.29, 1.82) is 0 Å². The van der Waals surface area contributed by atoms with Crippen LogP contribution in [-0.2, 0) is 17.6 Å². The normalized spacial score (nSPS) is 12.6. The number of rotatable bonds is 4. The van der Waals surface area contributed by atoms with Crippen LogP contribution in [-0.4, -0.2) is 44.9 Å². The van der Waals surface area contributed by atoms with E-state index in [-0.39, 0.29) is 12.5 Å². The fourth-order valence-electron chi connectivity index (χ4n) is 4.54. The fraction of sp³-hybridized carbons (Fsp3) is 0.345. The summed E-state index contributed by atoms with van der Waals surface area (Å²) in [5.41, 5.74) is 6.55. The number of benzene rings is 2. The van der Waals surface area contributed by atoms with E-state index >= 15 is 0 Å². The van der Waals surface area contributed by atoms with Crippen LogP contribution in [0, 0.1) is 6.92 Å². The molecule has 0 aliphatic carbocycles. The predicted octanol–water partition coefficient (Wildman–Crippen LogP) is 4.96. The minimum absolute atomic E-state index is 0.0502. The zero-order chi connectivity index (χ0) is 26.0. The number of aliphatic hydroxyl groups is 2. The van der Waals surface area contributed by atoms with Gasteiger partial charge in [-0.15, -0.1) is 0 Å². The molecule has 1 amide bonds. The van der Waals surface area contributed by atoms with Gasteiger partial charge in [-0.2, -0.15) is 0 Å². The van der Waals surface area contributed by atoms with Gasteiger partial charge in [0.25, 0.3) is 0 Å². The molecule has 2 aromatic carbocycles. The van der Waals surface area contributed by atoms with Crippen LogP contribution in [0.15, 0.2) is 42.6 Å². The molecule has 0 fully saturated rings. The molecule has 7 nitrogen and oxygen atoms in total. The summed E-state index contributed by atoms with van der Waals surface area (Å²) >= 11 is 0. The molecule has 0 radical (unpaired) electrons. The highest BCUT2D eigenvalue weighted by atomic mass is 16.5. The lowest BCUT2D eigenvalue weighted by Crippen LogP contribution is -2.10. The zero-order valence-corrected chi connectivity index (χ0v) is 21.5. The number of ether oxygens (including phenoxy) is 1. The maximum atomic E-state index is 11.5. The first kappa shape index (κ1) is 25.5. The van der Waals surface area contributed by atoms with Gasteiger partial charge in [-0.1, -0.05) is 0 Å². The number of aryl methyl sites for hydroxylation is 1. The molecule has 4 aromatic rings. The predicted molar refractivity (Wildman–Crippen MR) is 143 cm³/mol. The first-order chi connectivity index (χ1) is 17.1. The summed E-state index contributed by atoms with van der Waals surface area (Å²) in [4.78, 5) is 20.9. The fourth-order valence-corrected chi connectivity index (χ4v) is 4.54. The molecular weight excluding hydrogens is 454 g/mol. The third kappa shape index (κ3) is 5.48. The van der Waals surface area contributed by atoms with Crippen molar-refractivity contribution < 1.29 is 19.7 Å². The van der Waals surface area contributed by atoms with Crippen molar-refractivity contribution in [3.05, 3.63) is 59.3 Å². The molecule has 0 unspecified atom stereocenters. The number of pyridine rings is 2. The molecule has 0 spiro atoms. The van der Waals surface area contributed by atoms with Gasteiger partial charge >= 0.3 is 0 Å². The van der Waals surface area contributed by atoms with E-state index < -0.39 is 5.60 Å². The van der Waals surface area contributed by atoms with Crippen molar-refractivity contribution in [2.24, 2.45) is 0 Å². The second-order valence-corrected chi connectivity index (χ2v) is 10.0. The Kier molecular flexibility index (Phi) is 7.24. The van der Waals surface area contributed by atoms with E-state index in [9.17, 15) is 9.90 Å². The molecule has 0 bridgehead atoms. The number of carbonyl (C=O) groups is 1. The number of anilines is 1. The number of aliphatic hydroxyl groups excluding tert-OH is 1. The van der Waals surface area contributed by atoms with E-state index in [2.05, 4.69) is 22.4 Å². The van der Waals surface area contributed by atoms with Crippen molar-refractivity contribution in [1.82, 2.24) is 9.97 Å². The second kappa shape index (κ2) is 10.2. The molecule has 3 heterocycles. The number of aromatic nitrogens is 2. The Balaban J connectivity index is 0.000000556. The molecule has 1 aliphatic heterocycles. The molecule has 188 valence electrons. The Morgan fingerprint density at radius 1 is 1.17 bits per heavy atom. The molecule has 1 aliphatic rings. The van der Waals surface area contributed by atoms with Gasteiger partial charge in [0.15, 0.2) is 0 Å². The van der Waals surface area contributed by atoms with E-state index in [0.717, 1.165) is 56.2 Å². The summed E-state index contributed by atoms with van der Waals surface area (Å²) in [6.07, 6.45) is 3.24. The van der Waals surface area contributed by atoms with Crippen molar-refractivity contribution in [3.8, 4) is 16.9 Å². The Labute approximate surface area is 211 Å². The van der Waals surface area contributed by atoms with Gasteiger partial charge < -0.3 is 20.3 Å². The molecule has 0 saturated carbocycles. The molecule has 3 N–H and O–H groups in total. The van der Waals surface area contributed by atoms with Gasteiger partial charge in [0, 0.05) is 42.5 Å². The maximum absolute atomic E-state index is 11.5. The van der Waals surface area contributed by atoms with Crippen LogP contribution in [0.1, 0.15) is 44.4 Å². The third-order valence-electron chi connectivity index (χ3n) is 5.83. The van der Waals surface area contributed by atoms with Crippen molar-refractivity contribution in [2.75, 3.05) is 18.5 Å². The highest BCUT2D eigenvalue weighted by Crippen LogP contribution is 2.42. The lowest BCUT2D eigenvalue weighted by atomic mass is 9.88. The zero-order valence-electron chi connectivity index (χ0n) is 21.5. The monoisotopic (exact) mass is 487 g/mol. The van der Waals surface area contributed by atoms with E-state index in [1.54, 1.807) is 20.8 Å². The molecule has 0 atom stereocenters. The van der Waals surface area contributed by atoms with Crippen LogP contribution in [0.4, 0.5) is 5.82 Å². The van der Waals surface area contributed by atoms with Crippen LogP contribution >= 0.6 is 0 Å². The number of nitrogens with zero attached hydrogens (tertiary/aromatic N) is 2. The summed E-state index contributed by atoms with van der Waals surface area (Å²) in [6, 6.07) is 11.9. The van der Waals surface area contributed by atoms with Gasteiger partial charge in [0.1, 0.15) is 11.6 Å². The number of amides is 1. The highest BCUT2D eigenvalue weighted by molar-refractivity contribution is 6.07. The van der Waals surface area contributed by atoms with Crippen LogP contribution in [0.5, 0.6) is 5.75 Å². The summed E-state index contributed by atoms with van der Waals surface area (Å²) in [5.74, 6) is 1.22. The molecule has 5 rings (SSSR count). The Morgan fingerprint density at radius 3 is 2.61 bits per heavy atom. The molecule has 0 saturated heterocycles. The SMILES string of the molecule is CC(=O)Nc1ccc2c(-c3ccc4c5c(ccnc35)CCO4)c(CCO)c(C)cc2n1.CC(C)(C)O. The smallest absolute Gasteiger partial charge is 0.222 e. The number of nitrogens with one attached hydrogen (secondary N) is 1. The van der Waals surface area contributed by atoms with Gasteiger partial charge in [-0.3, -0.25) is 9.78 Å². The topological polar surface area (TPSA) is 105 Å². The van der Waals surface area contributed by atoms with E-state index in [1.807, 2.05) is 37.4 Å². The number of fused-ring (bicyclic) bond motifs is 1. The summed E-state index contributed by atoms with van der Waals surface area (Å²) in [5, 5.41) is 23.1. The highest BCUT2D eigenvalue weighted by Gasteiger charge is 2.21. The largest absolute Gasteiger partial charge is 0.493 e. The molecule has 7 heteroatoms. The summed E-state index contributed by atoms with van der Waals surface area (Å²) < 4.78 is 5.90. The molecule has 2 aromatic heterocycles. The Morgan fingerprint density at radius 2 is 1.92 bits per heavy atom. The van der Waals surface area contributed by atoms with Crippen molar-refractivity contribution in [2.45, 2.75) is 53.1 Å². The first-order valence-electron chi connectivity index (χ1n) is 12.1. The van der Waals surface area contributed by atoms with Gasteiger partial charge in [-0.05, 0) is 92.8 Å². The molecule has 36 heavy (non-hydrogen) atoms. The Hall–Kier alpha value is -3.55. The van der Waals surface area contributed by atoms with Crippen molar-refractivity contribution in [3.63, 3.8) is 0 Å². The van der Waals surface area contributed by atoms with Crippen molar-refractivity contribution >= 4 is 33.5 Å². The lowest BCUT2D eigenvalue weighted by molar-refractivity contribution is -0.114. The van der Waals surface area contributed by atoms with E-state index in [4.69, 9.17) is 14.8 Å². The minimum Gasteiger partial charge on any atom is -0.493 e. The van der Waals surface area contributed by atoms with E-state index in [0.29, 0.717) is 18.8 Å². The van der Waals surface area contributed by atoms with Gasteiger partial charge in [-0.25, -0.2) is 4.98 Å². The number of hydrogen-bond donors (Lipinski definition) is 3. The third-order valence-corrected chi connectivity index (χ3v) is 5.83. The van der Waals surface area contributed by atoms with Gasteiger partial charge in [0.05, 0.1) is 23.2 Å². The van der Waals surface area contributed by atoms with Crippen LogP contribution in [0.3, 0.4) is 0 Å². The molecular formula is C29H33N3O4. The van der Waals surface area contributed by atoms with Crippen LogP contribution in [0.2, 0.25) is 0 Å². The number of carbonyl (C=O) groups excluding carboxylic acids is 1. The van der Waals surface area contributed by atoms with Crippen LogP contribution in [0.25, 0.3) is 32.9 Å². The second-order valence-electron chi connectivity index (χ2n) is 10.0. The Bertz CT molecular complexity index is 1420. The lowest BCUT2D eigenvalue weighted by Gasteiger charge is -2.22. The first-order valence-corrected chi connectivity index (χ1v) is 12.1. The quantitative estimate of drug-likeness (QED) is 0.376. The average molecular weight is 488 g/mol. The standard InChI is InChI=1S/C25H23N3O3.C4H10O/c1-14-13-20-18(4-6-22(28-20)27-15(2)30)24(17(14)8-11-29)19-3-5-21-23-16(9-12-31-21)7-10-26-25(19)23;1-4(2,3)5/h3-7,10,13,29H,8-9,11-12H2,1-2H3,(H,27,28,30);5H,1-3H3.